The molecule has 0 spiro atoms. The smallest absolute Gasteiger partial charge is 0.225 e. The van der Waals surface area contributed by atoms with E-state index in [0.717, 1.165) is 25.5 Å². The molecule has 0 N–H and O–H groups in total. The van der Waals surface area contributed by atoms with Crippen molar-refractivity contribution in [2.75, 3.05) is 23.9 Å². The molecular formula is C10H13Cl2N3. The zero-order valence-electron chi connectivity index (χ0n) is 8.58. The fraction of sp³-hybridized carbons (Fsp3) is 0.600. The maximum absolute atomic E-state index is 5.94. The first-order valence-electron chi connectivity index (χ1n) is 4.91. The van der Waals surface area contributed by atoms with Crippen molar-refractivity contribution < 1.29 is 0 Å². The van der Waals surface area contributed by atoms with E-state index < -0.39 is 0 Å². The first-order chi connectivity index (χ1) is 7.13. The Labute approximate surface area is 99.4 Å². The first-order valence-corrected chi connectivity index (χ1v) is 5.83. The molecule has 1 atom stereocenters. The van der Waals surface area contributed by atoms with Gasteiger partial charge in [0, 0.05) is 24.4 Å². The number of aromatic nitrogens is 2. The van der Waals surface area contributed by atoms with Gasteiger partial charge in [-0.3, -0.25) is 0 Å². The summed E-state index contributed by atoms with van der Waals surface area (Å²) >= 11 is 11.7. The Morgan fingerprint density at radius 3 is 2.67 bits per heavy atom. The van der Waals surface area contributed by atoms with Crippen LogP contribution in [0, 0.1) is 5.41 Å². The second-order valence-electron chi connectivity index (χ2n) is 4.32. The van der Waals surface area contributed by atoms with E-state index in [9.17, 15) is 0 Å². The molecule has 0 aliphatic carbocycles. The van der Waals surface area contributed by atoms with Gasteiger partial charge in [-0.2, -0.15) is 0 Å². The quantitative estimate of drug-likeness (QED) is 0.751. The Morgan fingerprint density at radius 2 is 2.13 bits per heavy atom. The van der Waals surface area contributed by atoms with Crippen molar-refractivity contribution in [3.05, 3.63) is 17.4 Å². The highest BCUT2D eigenvalue weighted by Gasteiger charge is 2.33. The normalized spacial score (nSPS) is 25.9. The van der Waals surface area contributed by atoms with Crippen LogP contribution in [0.3, 0.4) is 0 Å². The van der Waals surface area contributed by atoms with E-state index in [4.69, 9.17) is 23.2 Å². The number of anilines is 1. The van der Waals surface area contributed by atoms with Gasteiger partial charge in [-0.05, 0) is 6.42 Å². The lowest BCUT2D eigenvalue weighted by Gasteiger charge is -2.21. The van der Waals surface area contributed by atoms with Crippen molar-refractivity contribution in [3.8, 4) is 0 Å². The molecule has 0 bridgehead atoms. The van der Waals surface area contributed by atoms with Crippen LogP contribution in [0.4, 0.5) is 5.95 Å². The maximum atomic E-state index is 5.94. The van der Waals surface area contributed by atoms with Crippen LogP contribution in [-0.4, -0.2) is 28.9 Å². The zero-order valence-corrected chi connectivity index (χ0v) is 10.1. The summed E-state index contributed by atoms with van der Waals surface area (Å²) in [5, 5.41) is 0.568. The number of hydrogen-bond donors (Lipinski definition) is 0. The summed E-state index contributed by atoms with van der Waals surface area (Å²) in [7, 11) is 0. The van der Waals surface area contributed by atoms with Crippen LogP contribution in [0.15, 0.2) is 12.4 Å². The molecule has 82 valence electrons. The molecule has 15 heavy (non-hydrogen) atoms. The Balaban J connectivity index is 2.11. The van der Waals surface area contributed by atoms with Crippen LogP contribution in [0.25, 0.3) is 0 Å². The summed E-state index contributed by atoms with van der Waals surface area (Å²) in [5.74, 6) is 1.42. The molecule has 2 rings (SSSR count). The maximum Gasteiger partial charge on any atom is 0.225 e. The minimum absolute atomic E-state index is 0.185. The van der Waals surface area contributed by atoms with Crippen molar-refractivity contribution in [3.63, 3.8) is 0 Å². The fourth-order valence-corrected chi connectivity index (χ4v) is 2.09. The summed E-state index contributed by atoms with van der Waals surface area (Å²) in [6, 6.07) is 0. The van der Waals surface area contributed by atoms with Gasteiger partial charge >= 0.3 is 0 Å². The SMILES string of the molecule is CC1(CCl)CCN(c2ncc(Cl)cn2)C1. The van der Waals surface area contributed by atoms with E-state index in [0.29, 0.717) is 10.9 Å². The molecule has 3 nitrogen and oxygen atoms in total. The molecule has 1 saturated heterocycles. The van der Waals surface area contributed by atoms with E-state index >= 15 is 0 Å². The fourth-order valence-electron chi connectivity index (χ4n) is 1.77. The van der Waals surface area contributed by atoms with Crippen molar-refractivity contribution in [2.45, 2.75) is 13.3 Å². The Morgan fingerprint density at radius 1 is 1.47 bits per heavy atom. The molecule has 1 unspecified atom stereocenters. The monoisotopic (exact) mass is 245 g/mol. The van der Waals surface area contributed by atoms with Gasteiger partial charge in [-0.25, -0.2) is 9.97 Å². The lowest BCUT2D eigenvalue weighted by atomic mass is 9.93. The second kappa shape index (κ2) is 4.14. The number of hydrogen-bond acceptors (Lipinski definition) is 3. The van der Waals surface area contributed by atoms with Gasteiger partial charge in [0.25, 0.3) is 0 Å². The van der Waals surface area contributed by atoms with Crippen LogP contribution in [0.2, 0.25) is 5.02 Å². The van der Waals surface area contributed by atoms with Gasteiger partial charge in [0.15, 0.2) is 0 Å². The predicted octanol–water partition coefficient (Wildman–Crippen LogP) is 2.59. The average molecular weight is 246 g/mol. The number of rotatable bonds is 2. The van der Waals surface area contributed by atoms with E-state index in [2.05, 4.69) is 21.8 Å². The second-order valence-corrected chi connectivity index (χ2v) is 5.02. The largest absolute Gasteiger partial charge is 0.340 e. The van der Waals surface area contributed by atoms with E-state index in [-0.39, 0.29) is 5.41 Å². The Kier molecular flexibility index (Phi) is 3.03. The lowest BCUT2D eigenvalue weighted by Crippen LogP contribution is -2.27. The van der Waals surface area contributed by atoms with Gasteiger partial charge in [0.1, 0.15) is 0 Å². The van der Waals surface area contributed by atoms with Crippen molar-refractivity contribution in [1.29, 1.82) is 0 Å². The summed E-state index contributed by atoms with van der Waals surface area (Å²) in [6.45, 7) is 4.07. The topological polar surface area (TPSA) is 29.0 Å². The zero-order chi connectivity index (χ0) is 10.9. The highest BCUT2D eigenvalue weighted by Crippen LogP contribution is 2.32. The third-order valence-electron chi connectivity index (χ3n) is 2.77. The lowest BCUT2D eigenvalue weighted by molar-refractivity contribution is 0.425. The van der Waals surface area contributed by atoms with Gasteiger partial charge in [-0.15, -0.1) is 11.6 Å². The molecule has 1 aromatic rings. The molecular weight excluding hydrogens is 233 g/mol. The standard InChI is InChI=1S/C10H13Cl2N3/c1-10(6-11)2-3-15(7-10)9-13-4-8(12)5-14-9/h4-5H,2-3,6-7H2,1H3. The average Bonchev–Trinajstić information content (AvgIpc) is 2.63. The van der Waals surface area contributed by atoms with Crippen LogP contribution in [-0.2, 0) is 0 Å². The number of halogens is 2. The molecule has 5 heteroatoms. The third-order valence-corrected chi connectivity index (χ3v) is 3.61. The molecule has 1 aromatic heterocycles. The van der Waals surface area contributed by atoms with E-state index in [1.165, 1.54) is 0 Å². The van der Waals surface area contributed by atoms with E-state index in [1.807, 2.05) is 0 Å². The summed E-state index contributed by atoms with van der Waals surface area (Å²) in [6.07, 6.45) is 4.34. The Hall–Kier alpha value is -0.540. The van der Waals surface area contributed by atoms with Crippen LogP contribution < -0.4 is 4.90 Å². The summed E-state index contributed by atoms with van der Waals surface area (Å²) < 4.78 is 0. The van der Waals surface area contributed by atoms with Crippen molar-refractivity contribution >= 4 is 29.2 Å². The van der Waals surface area contributed by atoms with Crippen molar-refractivity contribution in [1.82, 2.24) is 9.97 Å². The number of alkyl halides is 1. The number of nitrogens with zero attached hydrogens (tertiary/aromatic N) is 3. The summed E-state index contributed by atoms with van der Waals surface area (Å²) in [4.78, 5) is 10.6. The summed E-state index contributed by atoms with van der Waals surface area (Å²) in [5.41, 5.74) is 0.185. The first kappa shape index (κ1) is 11.0. The molecule has 0 aromatic carbocycles. The molecule has 1 aliphatic rings. The van der Waals surface area contributed by atoms with Gasteiger partial charge < -0.3 is 4.90 Å². The molecule has 0 saturated carbocycles. The molecule has 2 heterocycles. The predicted molar refractivity (Wildman–Crippen MR) is 62.7 cm³/mol. The van der Waals surface area contributed by atoms with Crippen molar-refractivity contribution in [2.24, 2.45) is 5.41 Å². The van der Waals surface area contributed by atoms with Crippen LogP contribution in [0.5, 0.6) is 0 Å². The molecule has 0 amide bonds. The van der Waals surface area contributed by atoms with Crippen LogP contribution >= 0.6 is 23.2 Å². The Bertz CT molecular complexity index is 341. The third kappa shape index (κ3) is 2.34. The molecule has 1 fully saturated rings. The van der Waals surface area contributed by atoms with Gasteiger partial charge in [0.05, 0.1) is 17.4 Å². The molecule has 1 aliphatic heterocycles. The van der Waals surface area contributed by atoms with Gasteiger partial charge in [-0.1, -0.05) is 18.5 Å². The highest BCUT2D eigenvalue weighted by molar-refractivity contribution is 6.30. The molecule has 0 radical (unpaired) electrons. The van der Waals surface area contributed by atoms with Crippen LogP contribution in [0.1, 0.15) is 13.3 Å². The van der Waals surface area contributed by atoms with E-state index in [1.54, 1.807) is 12.4 Å². The highest BCUT2D eigenvalue weighted by atomic mass is 35.5. The minimum atomic E-state index is 0.185. The minimum Gasteiger partial charge on any atom is -0.340 e. The van der Waals surface area contributed by atoms with Gasteiger partial charge in [0.2, 0.25) is 5.95 Å².